The van der Waals surface area contributed by atoms with Gasteiger partial charge in [0.25, 0.3) is 5.92 Å². The van der Waals surface area contributed by atoms with Gasteiger partial charge in [-0.15, -0.1) is 11.3 Å². The van der Waals surface area contributed by atoms with Crippen LogP contribution in [0.1, 0.15) is 36.2 Å². The zero-order chi connectivity index (χ0) is 14.4. The van der Waals surface area contributed by atoms with E-state index in [0.717, 1.165) is 17.7 Å². The summed E-state index contributed by atoms with van der Waals surface area (Å²) in [6.45, 7) is 1.73. The van der Waals surface area contributed by atoms with Crippen LogP contribution in [-0.2, 0) is 5.92 Å². The molecule has 4 heteroatoms. The number of benzene rings is 1. The number of alkyl halides is 2. The Morgan fingerprint density at radius 2 is 1.90 bits per heavy atom. The number of rotatable bonds is 7. The van der Waals surface area contributed by atoms with Crippen molar-refractivity contribution < 1.29 is 8.78 Å². The van der Waals surface area contributed by atoms with Gasteiger partial charge in [-0.05, 0) is 17.9 Å². The Hall–Kier alpha value is -1.26. The third-order valence-electron chi connectivity index (χ3n) is 3.23. The van der Waals surface area contributed by atoms with Crippen molar-refractivity contribution in [3.63, 3.8) is 0 Å². The maximum atomic E-state index is 14.1. The van der Waals surface area contributed by atoms with E-state index in [-0.39, 0.29) is 18.2 Å². The minimum absolute atomic E-state index is 0.00888. The van der Waals surface area contributed by atoms with Crippen LogP contribution < -0.4 is 5.32 Å². The topological polar surface area (TPSA) is 12.0 Å². The second-order valence-corrected chi connectivity index (χ2v) is 5.79. The molecule has 20 heavy (non-hydrogen) atoms. The van der Waals surface area contributed by atoms with E-state index in [1.807, 2.05) is 17.5 Å². The highest BCUT2D eigenvalue weighted by molar-refractivity contribution is 7.10. The van der Waals surface area contributed by atoms with Crippen molar-refractivity contribution in [1.82, 2.24) is 5.32 Å². The summed E-state index contributed by atoms with van der Waals surface area (Å²) in [7, 11) is 0. The van der Waals surface area contributed by atoms with Crippen molar-refractivity contribution >= 4 is 11.3 Å². The van der Waals surface area contributed by atoms with Crippen LogP contribution in [0.25, 0.3) is 0 Å². The molecule has 1 aromatic carbocycles. The maximum absolute atomic E-state index is 14.1. The van der Waals surface area contributed by atoms with Gasteiger partial charge in [-0.1, -0.05) is 49.7 Å². The summed E-state index contributed by atoms with van der Waals surface area (Å²) >= 11 is 1.61. The molecule has 0 bridgehead atoms. The van der Waals surface area contributed by atoms with Gasteiger partial charge < -0.3 is 5.32 Å². The van der Waals surface area contributed by atoms with E-state index in [1.165, 1.54) is 12.1 Å². The predicted molar refractivity (Wildman–Crippen MR) is 80.3 cm³/mol. The molecule has 0 radical (unpaired) electrons. The van der Waals surface area contributed by atoms with Gasteiger partial charge in [0.05, 0.1) is 6.54 Å². The van der Waals surface area contributed by atoms with Crippen LogP contribution in [0.5, 0.6) is 0 Å². The highest BCUT2D eigenvalue weighted by atomic mass is 32.1. The Morgan fingerprint density at radius 1 is 1.15 bits per heavy atom. The molecule has 1 N–H and O–H groups in total. The van der Waals surface area contributed by atoms with Gasteiger partial charge in [0.1, 0.15) is 0 Å². The first-order valence-corrected chi connectivity index (χ1v) is 7.71. The van der Waals surface area contributed by atoms with Gasteiger partial charge in [-0.2, -0.15) is 8.78 Å². The smallest absolute Gasteiger partial charge is 0.285 e. The van der Waals surface area contributed by atoms with Crippen molar-refractivity contribution in [2.24, 2.45) is 0 Å². The SMILES string of the molecule is CCCC(NCC(F)(F)c1ccccc1)c1cccs1. The first kappa shape index (κ1) is 15.1. The summed E-state index contributed by atoms with van der Waals surface area (Å²) in [4.78, 5) is 1.12. The molecular formula is C16H19F2NS. The molecule has 2 rings (SSSR count). The highest BCUT2D eigenvalue weighted by Crippen LogP contribution is 2.29. The van der Waals surface area contributed by atoms with Crippen molar-refractivity contribution in [2.45, 2.75) is 31.7 Å². The third kappa shape index (κ3) is 3.87. The Balaban J connectivity index is 2.02. The number of halogens is 2. The quantitative estimate of drug-likeness (QED) is 0.760. The Morgan fingerprint density at radius 3 is 2.50 bits per heavy atom. The van der Waals surface area contributed by atoms with E-state index in [4.69, 9.17) is 0 Å². The molecule has 1 unspecified atom stereocenters. The van der Waals surface area contributed by atoms with Gasteiger partial charge in [0, 0.05) is 16.5 Å². The lowest BCUT2D eigenvalue weighted by Gasteiger charge is -2.22. The van der Waals surface area contributed by atoms with E-state index in [0.29, 0.717) is 0 Å². The average Bonchev–Trinajstić information content (AvgIpc) is 2.98. The molecule has 1 aromatic heterocycles. The molecule has 0 spiro atoms. The van der Waals surface area contributed by atoms with E-state index in [1.54, 1.807) is 29.5 Å². The third-order valence-corrected chi connectivity index (χ3v) is 4.22. The van der Waals surface area contributed by atoms with Crippen molar-refractivity contribution in [2.75, 3.05) is 6.54 Å². The second kappa shape index (κ2) is 6.95. The monoisotopic (exact) mass is 295 g/mol. The van der Waals surface area contributed by atoms with Gasteiger partial charge in [-0.25, -0.2) is 0 Å². The molecule has 0 aliphatic carbocycles. The molecule has 108 valence electrons. The number of hydrogen-bond donors (Lipinski definition) is 1. The lowest BCUT2D eigenvalue weighted by Crippen LogP contribution is -2.33. The molecule has 0 aliphatic rings. The molecular weight excluding hydrogens is 276 g/mol. The Kier molecular flexibility index (Phi) is 5.26. The predicted octanol–water partition coefficient (Wildman–Crippen LogP) is 4.97. The highest BCUT2D eigenvalue weighted by Gasteiger charge is 2.31. The summed E-state index contributed by atoms with van der Waals surface area (Å²) in [6, 6.07) is 12.0. The van der Waals surface area contributed by atoms with Gasteiger partial charge in [0.15, 0.2) is 0 Å². The van der Waals surface area contributed by atoms with Crippen molar-refractivity contribution in [3.8, 4) is 0 Å². The fraction of sp³-hybridized carbons (Fsp3) is 0.375. The number of hydrogen-bond acceptors (Lipinski definition) is 2. The summed E-state index contributed by atoms with van der Waals surface area (Å²) in [5.74, 6) is -2.84. The summed E-state index contributed by atoms with van der Waals surface area (Å²) in [5.41, 5.74) is 0.0638. The van der Waals surface area contributed by atoms with Crippen LogP contribution in [0.15, 0.2) is 47.8 Å². The number of nitrogens with one attached hydrogen (secondary N) is 1. The normalized spacial score (nSPS) is 13.3. The first-order valence-electron chi connectivity index (χ1n) is 6.83. The van der Waals surface area contributed by atoms with E-state index >= 15 is 0 Å². The molecule has 0 saturated heterocycles. The fourth-order valence-corrected chi connectivity index (χ4v) is 3.00. The summed E-state index contributed by atoms with van der Waals surface area (Å²) in [5, 5.41) is 5.00. The Labute approximate surface area is 122 Å². The average molecular weight is 295 g/mol. The molecule has 0 saturated carbocycles. The molecule has 0 fully saturated rings. The summed E-state index contributed by atoms with van der Waals surface area (Å²) < 4.78 is 28.3. The van der Waals surface area contributed by atoms with Crippen LogP contribution in [0.2, 0.25) is 0 Å². The van der Waals surface area contributed by atoms with Crippen molar-refractivity contribution in [1.29, 1.82) is 0 Å². The van der Waals surface area contributed by atoms with Crippen LogP contribution >= 0.6 is 11.3 Å². The number of thiophene rings is 1. The Bertz CT molecular complexity index is 496. The molecule has 1 atom stereocenters. The molecule has 2 aromatic rings. The van der Waals surface area contributed by atoms with Gasteiger partial charge in [-0.3, -0.25) is 0 Å². The largest absolute Gasteiger partial charge is 0.303 e. The van der Waals surface area contributed by atoms with Crippen LogP contribution in [0, 0.1) is 0 Å². The minimum Gasteiger partial charge on any atom is -0.303 e. The van der Waals surface area contributed by atoms with E-state index in [2.05, 4.69) is 12.2 Å². The maximum Gasteiger partial charge on any atom is 0.285 e. The van der Waals surface area contributed by atoms with Crippen molar-refractivity contribution in [3.05, 3.63) is 58.3 Å². The molecule has 0 amide bonds. The molecule has 0 aliphatic heterocycles. The van der Waals surface area contributed by atoms with Gasteiger partial charge >= 0.3 is 0 Å². The van der Waals surface area contributed by atoms with Crippen LogP contribution in [0.4, 0.5) is 8.78 Å². The standard InChI is InChI=1S/C16H19F2NS/c1-2-7-14(15-10-6-11-20-15)19-12-16(17,18)13-8-4-3-5-9-13/h3-6,8-11,14,19H,2,7,12H2,1H3. The lowest BCUT2D eigenvalue weighted by atomic mass is 10.1. The first-order chi connectivity index (χ1) is 9.63. The van der Waals surface area contributed by atoms with Crippen LogP contribution in [-0.4, -0.2) is 6.54 Å². The van der Waals surface area contributed by atoms with E-state index in [9.17, 15) is 8.78 Å². The fourth-order valence-electron chi connectivity index (χ4n) is 2.16. The molecule has 1 heterocycles. The second-order valence-electron chi connectivity index (χ2n) is 4.81. The van der Waals surface area contributed by atoms with E-state index < -0.39 is 5.92 Å². The van der Waals surface area contributed by atoms with Gasteiger partial charge in [0.2, 0.25) is 0 Å². The zero-order valence-corrected chi connectivity index (χ0v) is 12.3. The minimum atomic E-state index is -2.84. The zero-order valence-electron chi connectivity index (χ0n) is 11.5. The summed E-state index contributed by atoms with van der Waals surface area (Å²) in [6.07, 6.45) is 1.83. The molecule has 1 nitrogen and oxygen atoms in total. The van der Waals surface area contributed by atoms with Crippen LogP contribution in [0.3, 0.4) is 0 Å². The lowest BCUT2D eigenvalue weighted by molar-refractivity contribution is -0.00598.